The van der Waals surface area contributed by atoms with Gasteiger partial charge in [0.05, 0.1) is 6.10 Å². The minimum atomic E-state index is -0.905. The van der Waals surface area contributed by atoms with Crippen molar-refractivity contribution in [3.8, 4) is 0 Å². The van der Waals surface area contributed by atoms with Gasteiger partial charge < -0.3 is 10.4 Å². The van der Waals surface area contributed by atoms with Crippen molar-refractivity contribution in [2.24, 2.45) is 5.92 Å². The molecule has 88 valence electrons. The second-order valence-corrected chi connectivity index (χ2v) is 4.20. The lowest BCUT2D eigenvalue weighted by Crippen LogP contribution is -2.31. The van der Waals surface area contributed by atoms with Crippen LogP contribution < -0.4 is 5.32 Å². The van der Waals surface area contributed by atoms with Gasteiger partial charge in [-0.05, 0) is 50.0 Å². The zero-order valence-electron chi connectivity index (χ0n) is 8.92. The van der Waals surface area contributed by atoms with Crippen LogP contribution in [0.25, 0.3) is 0 Å². The number of hydrogen-bond acceptors (Lipinski definition) is 2. The first-order valence-corrected chi connectivity index (χ1v) is 5.52. The standard InChI is InChI=1S/C12H15F2NO/c13-9-1-2-11(14)10(7-9)12(16)8-3-5-15-6-4-8/h1-2,7-8,12,15-16H,3-6H2/t12-/m0/s1. The Morgan fingerprint density at radius 2 is 1.94 bits per heavy atom. The van der Waals surface area contributed by atoms with Gasteiger partial charge in [-0.3, -0.25) is 0 Å². The summed E-state index contributed by atoms with van der Waals surface area (Å²) in [6.45, 7) is 1.64. The Labute approximate surface area is 93.3 Å². The van der Waals surface area contributed by atoms with Gasteiger partial charge in [-0.25, -0.2) is 8.78 Å². The van der Waals surface area contributed by atoms with E-state index in [9.17, 15) is 13.9 Å². The Morgan fingerprint density at radius 3 is 2.62 bits per heavy atom. The lowest BCUT2D eigenvalue weighted by Gasteiger charge is -2.27. The smallest absolute Gasteiger partial charge is 0.129 e. The van der Waals surface area contributed by atoms with Crippen LogP contribution in [-0.2, 0) is 0 Å². The second kappa shape index (κ2) is 4.89. The van der Waals surface area contributed by atoms with Crippen LogP contribution in [0.4, 0.5) is 8.78 Å². The van der Waals surface area contributed by atoms with Crippen molar-refractivity contribution >= 4 is 0 Å². The molecule has 0 spiro atoms. The van der Waals surface area contributed by atoms with Gasteiger partial charge >= 0.3 is 0 Å². The maximum atomic E-state index is 13.4. The lowest BCUT2D eigenvalue weighted by molar-refractivity contribution is 0.0853. The Hall–Kier alpha value is -1.00. The fourth-order valence-corrected chi connectivity index (χ4v) is 2.16. The monoisotopic (exact) mass is 227 g/mol. The molecule has 2 rings (SSSR count). The van der Waals surface area contributed by atoms with E-state index < -0.39 is 17.7 Å². The molecule has 1 aromatic rings. The van der Waals surface area contributed by atoms with E-state index in [0.717, 1.165) is 44.1 Å². The van der Waals surface area contributed by atoms with Gasteiger partial charge in [0.2, 0.25) is 0 Å². The van der Waals surface area contributed by atoms with Crippen molar-refractivity contribution < 1.29 is 13.9 Å². The molecule has 0 saturated carbocycles. The van der Waals surface area contributed by atoms with Gasteiger partial charge in [0.15, 0.2) is 0 Å². The van der Waals surface area contributed by atoms with E-state index in [1.807, 2.05) is 0 Å². The predicted octanol–water partition coefficient (Wildman–Crippen LogP) is 2.00. The van der Waals surface area contributed by atoms with Gasteiger partial charge in [-0.15, -0.1) is 0 Å². The SMILES string of the molecule is O[C@H](c1cc(F)ccc1F)C1CCNCC1. The molecule has 2 N–H and O–H groups in total. The molecule has 0 amide bonds. The Bertz CT molecular complexity index is 364. The molecule has 4 heteroatoms. The number of hydrogen-bond donors (Lipinski definition) is 2. The van der Waals surface area contributed by atoms with Gasteiger partial charge in [-0.1, -0.05) is 0 Å². The van der Waals surface area contributed by atoms with Gasteiger partial charge in [0.25, 0.3) is 0 Å². The zero-order valence-corrected chi connectivity index (χ0v) is 8.92. The molecule has 1 aliphatic heterocycles. The molecule has 0 unspecified atom stereocenters. The molecule has 0 aromatic heterocycles. The molecule has 2 nitrogen and oxygen atoms in total. The van der Waals surface area contributed by atoms with Crippen LogP contribution >= 0.6 is 0 Å². The molecule has 1 fully saturated rings. The third-order valence-corrected chi connectivity index (χ3v) is 3.11. The summed E-state index contributed by atoms with van der Waals surface area (Å²) in [6, 6.07) is 3.21. The predicted molar refractivity (Wildman–Crippen MR) is 56.9 cm³/mol. The fourth-order valence-electron chi connectivity index (χ4n) is 2.16. The third kappa shape index (κ3) is 2.39. The molecular formula is C12H15F2NO. The molecule has 0 aliphatic carbocycles. The number of nitrogens with one attached hydrogen (secondary N) is 1. The third-order valence-electron chi connectivity index (χ3n) is 3.11. The van der Waals surface area contributed by atoms with Crippen LogP contribution in [0.1, 0.15) is 24.5 Å². The van der Waals surface area contributed by atoms with Crippen LogP contribution in [0.3, 0.4) is 0 Å². The highest BCUT2D eigenvalue weighted by molar-refractivity contribution is 5.21. The summed E-state index contributed by atoms with van der Waals surface area (Å²) in [5.41, 5.74) is 0.0758. The van der Waals surface area contributed by atoms with E-state index in [4.69, 9.17) is 0 Å². The van der Waals surface area contributed by atoms with Crippen LogP contribution in [0, 0.1) is 17.6 Å². The highest BCUT2D eigenvalue weighted by Crippen LogP contribution is 2.30. The molecule has 0 radical (unpaired) electrons. The van der Waals surface area contributed by atoms with Gasteiger partial charge in [0, 0.05) is 5.56 Å². The number of aliphatic hydroxyl groups excluding tert-OH is 1. The second-order valence-electron chi connectivity index (χ2n) is 4.20. The minimum Gasteiger partial charge on any atom is -0.388 e. The highest BCUT2D eigenvalue weighted by Gasteiger charge is 2.25. The molecule has 0 bridgehead atoms. The van der Waals surface area contributed by atoms with E-state index in [0.29, 0.717) is 0 Å². The summed E-state index contributed by atoms with van der Waals surface area (Å²) in [7, 11) is 0. The Kier molecular flexibility index (Phi) is 3.51. The van der Waals surface area contributed by atoms with Gasteiger partial charge in [0.1, 0.15) is 11.6 Å². The Balaban J connectivity index is 2.18. The lowest BCUT2D eigenvalue weighted by atomic mass is 9.88. The quantitative estimate of drug-likeness (QED) is 0.810. The van der Waals surface area contributed by atoms with E-state index >= 15 is 0 Å². The Morgan fingerprint density at radius 1 is 1.25 bits per heavy atom. The van der Waals surface area contributed by atoms with Crippen molar-refractivity contribution in [2.45, 2.75) is 18.9 Å². The summed E-state index contributed by atoms with van der Waals surface area (Å²) >= 11 is 0. The molecule has 1 heterocycles. The molecule has 1 aliphatic rings. The van der Waals surface area contributed by atoms with Crippen molar-refractivity contribution in [3.63, 3.8) is 0 Å². The molecule has 16 heavy (non-hydrogen) atoms. The maximum absolute atomic E-state index is 13.4. The summed E-state index contributed by atoms with van der Waals surface area (Å²) in [4.78, 5) is 0. The van der Waals surface area contributed by atoms with Crippen molar-refractivity contribution in [1.82, 2.24) is 5.32 Å². The number of aliphatic hydroxyl groups is 1. The molecule has 1 saturated heterocycles. The van der Waals surface area contributed by atoms with E-state index in [1.165, 1.54) is 0 Å². The maximum Gasteiger partial charge on any atom is 0.129 e. The van der Waals surface area contributed by atoms with Gasteiger partial charge in [-0.2, -0.15) is 0 Å². The van der Waals surface area contributed by atoms with E-state index in [-0.39, 0.29) is 11.5 Å². The van der Waals surface area contributed by atoms with Crippen molar-refractivity contribution in [2.75, 3.05) is 13.1 Å². The first-order valence-electron chi connectivity index (χ1n) is 5.52. The first kappa shape index (κ1) is 11.5. The average Bonchev–Trinajstić information content (AvgIpc) is 2.32. The van der Waals surface area contributed by atoms with Crippen LogP contribution in [-0.4, -0.2) is 18.2 Å². The molecule has 1 atom stereocenters. The molecule has 1 aromatic carbocycles. The largest absolute Gasteiger partial charge is 0.388 e. The summed E-state index contributed by atoms with van der Waals surface area (Å²) in [6.07, 6.45) is 0.673. The number of benzene rings is 1. The summed E-state index contributed by atoms with van der Waals surface area (Å²) < 4.78 is 26.4. The van der Waals surface area contributed by atoms with Crippen LogP contribution in [0.2, 0.25) is 0 Å². The normalized spacial score (nSPS) is 19.7. The number of piperidine rings is 1. The van der Waals surface area contributed by atoms with Crippen LogP contribution in [0.5, 0.6) is 0 Å². The van der Waals surface area contributed by atoms with E-state index in [1.54, 1.807) is 0 Å². The zero-order chi connectivity index (χ0) is 11.5. The topological polar surface area (TPSA) is 32.3 Å². The fraction of sp³-hybridized carbons (Fsp3) is 0.500. The van der Waals surface area contributed by atoms with Crippen molar-refractivity contribution in [3.05, 3.63) is 35.4 Å². The number of rotatable bonds is 2. The minimum absolute atomic E-state index is 0.0116. The summed E-state index contributed by atoms with van der Waals surface area (Å²) in [5, 5.41) is 13.2. The summed E-state index contributed by atoms with van der Waals surface area (Å²) in [5.74, 6) is -1.03. The molecular weight excluding hydrogens is 212 g/mol. The first-order chi connectivity index (χ1) is 7.68. The average molecular weight is 227 g/mol. The van der Waals surface area contributed by atoms with Crippen LogP contribution in [0.15, 0.2) is 18.2 Å². The van der Waals surface area contributed by atoms with E-state index in [2.05, 4.69) is 5.32 Å². The van der Waals surface area contributed by atoms with Crippen molar-refractivity contribution in [1.29, 1.82) is 0 Å². The highest BCUT2D eigenvalue weighted by atomic mass is 19.1. The number of halogens is 2.